The molecule has 0 spiro atoms. The van der Waals surface area contributed by atoms with E-state index in [1.165, 1.54) is 0 Å². The lowest BCUT2D eigenvalue weighted by Crippen LogP contribution is -2.49. The van der Waals surface area contributed by atoms with E-state index in [4.69, 9.17) is 9.84 Å². The maximum atomic E-state index is 13.1. The lowest BCUT2D eigenvalue weighted by molar-refractivity contribution is 0.0607. The van der Waals surface area contributed by atoms with E-state index >= 15 is 0 Å². The first-order valence-electron chi connectivity index (χ1n) is 8.94. The van der Waals surface area contributed by atoms with Crippen LogP contribution >= 0.6 is 0 Å². The van der Waals surface area contributed by atoms with E-state index in [0.29, 0.717) is 49.8 Å². The number of ether oxygens (including phenoxy) is 1. The van der Waals surface area contributed by atoms with Gasteiger partial charge >= 0.3 is 0 Å². The molecule has 0 atom stereocenters. The van der Waals surface area contributed by atoms with Gasteiger partial charge in [-0.05, 0) is 25.5 Å². The van der Waals surface area contributed by atoms with E-state index in [-0.39, 0.29) is 12.5 Å². The number of nitrogens with zero attached hydrogens (tertiary/aromatic N) is 4. The van der Waals surface area contributed by atoms with Crippen molar-refractivity contribution in [2.75, 3.05) is 45.9 Å². The molecule has 1 aliphatic rings. The quantitative estimate of drug-likeness (QED) is 0.846. The summed E-state index contributed by atoms with van der Waals surface area (Å²) >= 11 is 0. The Labute approximate surface area is 147 Å². The molecule has 1 amide bonds. The zero-order valence-electron chi connectivity index (χ0n) is 14.9. The monoisotopic (exact) mass is 346 g/mol. The van der Waals surface area contributed by atoms with Crippen LogP contribution in [0.1, 0.15) is 30.0 Å². The first-order chi connectivity index (χ1) is 12.2. The molecule has 7 heteroatoms. The number of hydrogen-bond acceptors (Lipinski definition) is 5. The summed E-state index contributed by atoms with van der Waals surface area (Å²) in [6.07, 6.45) is 2.57. The Morgan fingerprint density at radius 2 is 2.04 bits per heavy atom. The number of rotatable bonds is 6. The summed E-state index contributed by atoms with van der Waals surface area (Å²) in [5.74, 6) is 0.716. The van der Waals surface area contributed by atoms with Gasteiger partial charge in [-0.2, -0.15) is 0 Å². The van der Waals surface area contributed by atoms with Gasteiger partial charge in [-0.25, -0.2) is 4.98 Å². The Kier molecular flexibility index (Phi) is 5.55. The van der Waals surface area contributed by atoms with Crippen molar-refractivity contribution in [3.8, 4) is 5.75 Å². The Balaban J connectivity index is 1.90. The van der Waals surface area contributed by atoms with E-state index < -0.39 is 0 Å². The number of imidazole rings is 1. The van der Waals surface area contributed by atoms with Crippen molar-refractivity contribution in [1.29, 1.82) is 0 Å². The summed E-state index contributed by atoms with van der Waals surface area (Å²) in [5, 5.41) is 9.05. The lowest BCUT2D eigenvalue weighted by Gasteiger charge is -2.34. The molecule has 0 radical (unpaired) electrons. The summed E-state index contributed by atoms with van der Waals surface area (Å²) in [4.78, 5) is 21.9. The zero-order chi connectivity index (χ0) is 17.8. The number of fused-ring (bicyclic) bond motifs is 1. The first-order valence-corrected chi connectivity index (χ1v) is 8.94. The summed E-state index contributed by atoms with van der Waals surface area (Å²) in [7, 11) is 0. The molecule has 2 aromatic rings. The molecule has 1 fully saturated rings. The predicted octanol–water partition coefficient (Wildman–Crippen LogP) is 1.05. The van der Waals surface area contributed by atoms with Crippen LogP contribution in [0, 0.1) is 0 Å². The van der Waals surface area contributed by atoms with Crippen LogP contribution < -0.4 is 4.74 Å². The molecule has 3 heterocycles. The molecule has 7 nitrogen and oxygen atoms in total. The van der Waals surface area contributed by atoms with Crippen molar-refractivity contribution in [2.45, 2.75) is 20.3 Å². The van der Waals surface area contributed by atoms with Crippen molar-refractivity contribution in [3.05, 3.63) is 29.7 Å². The van der Waals surface area contributed by atoms with E-state index in [1.54, 1.807) is 0 Å². The third kappa shape index (κ3) is 3.48. The van der Waals surface area contributed by atoms with Crippen molar-refractivity contribution >= 4 is 11.6 Å². The average Bonchev–Trinajstić information content (AvgIpc) is 3.02. The molecule has 136 valence electrons. The second-order valence-corrected chi connectivity index (χ2v) is 6.12. The Hall–Kier alpha value is -2.12. The average molecular weight is 346 g/mol. The molecule has 0 unspecified atom stereocenters. The minimum Gasteiger partial charge on any atom is -0.490 e. The highest BCUT2D eigenvalue weighted by atomic mass is 16.5. The number of aliphatic hydroxyl groups is 1. The molecule has 1 N–H and O–H groups in total. The van der Waals surface area contributed by atoms with Gasteiger partial charge in [0.25, 0.3) is 5.91 Å². The number of aromatic nitrogens is 2. The summed E-state index contributed by atoms with van der Waals surface area (Å²) in [6.45, 7) is 8.23. The van der Waals surface area contributed by atoms with Gasteiger partial charge in [0, 0.05) is 38.9 Å². The minimum atomic E-state index is 0.0154. The van der Waals surface area contributed by atoms with Crippen molar-refractivity contribution in [3.63, 3.8) is 0 Å². The largest absolute Gasteiger partial charge is 0.490 e. The van der Waals surface area contributed by atoms with Gasteiger partial charge in [-0.1, -0.05) is 6.92 Å². The van der Waals surface area contributed by atoms with E-state index in [9.17, 15) is 4.79 Å². The van der Waals surface area contributed by atoms with Gasteiger partial charge in [0.05, 0.1) is 18.9 Å². The first kappa shape index (κ1) is 17.7. The number of carbonyl (C=O) groups is 1. The zero-order valence-corrected chi connectivity index (χ0v) is 14.9. The molecule has 1 saturated heterocycles. The maximum Gasteiger partial charge on any atom is 0.272 e. The fourth-order valence-corrected chi connectivity index (χ4v) is 3.30. The van der Waals surface area contributed by atoms with Gasteiger partial charge in [0.2, 0.25) is 0 Å². The Bertz CT molecular complexity index is 735. The molecule has 0 aromatic carbocycles. The highest BCUT2D eigenvalue weighted by Crippen LogP contribution is 2.24. The molecule has 1 aliphatic heterocycles. The Morgan fingerprint density at radius 3 is 2.68 bits per heavy atom. The van der Waals surface area contributed by atoms with Crippen LogP contribution in [0.4, 0.5) is 0 Å². The van der Waals surface area contributed by atoms with Crippen LogP contribution in [-0.4, -0.2) is 76.1 Å². The van der Waals surface area contributed by atoms with E-state index in [0.717, 1.165) is 18.8 Å². The normalized spacial score (nSPS) is 15.7. The van der Waals surface area contributed by atoms with Gasteiger partial charge < -0.3 is 14.7 Å². The van der Waals surface area contributed by atoms with Crippen LogP contribution in [0.25, 0.3) is 5.65 Å². The van der Waals surface area contributed by atoms with Crippen LogP contribution in [-0.2, 0) is 6.42 Å². The van der Waals surface area contributed by atoms with Crippen molar-refractivity contribution in [2.24, 2.45) is 0 Å². The number of amides is 1. The predicted molar refractivity (Wildman–Crippen MR) is 95.2 cm³/mol. The van der Waals surface area contributed by atoms with Crippen LogP contribution in [0.15, 0.2) is 18.3 Å². The number of piperazine rings is 1. The van der Waals surface area contributed by atoms with Gasteiger partial charge in [0.1, 0.15) is 5.69 Å². The van der Waals surface area contributed by atoms with E-state index in [1.807, 2.05) is 41.5 Å². The highest BCUT2D eigenvalue weighted by Gasteiger charge is 2.27. The number of β-amino-alcohol motifs (C(OH)–C–C–N with tert-alkyl or cyclic N) is 1. The smallest absolute Gasteiger partial charge is 0.272 e. The highest BCUT2D eigenvalue weighted by molar-refractivity contribution is 5.95. The number of aryl methyl sites for hydroxylation is 1. The standard InChI is InChI=1S/C18H26N4O3/c1-3-14-16(18(24)21-10-8-20(9-11-21)12-13-23)22-7-5-6-15(25-4-2)17(22)19-14/h5-7,23H,3-4,8-13H2,1-2H3. The molecular weight excluding hydrogens is 320 g/mol. The number of carbonyl (C=O) groups excluding carboxylic acids is 1. The SMILES string of the molecule is CCOc1cccn2c(C(=O)N3CCN(CCO)CC3)c(CC)nc12. The topological polar surface area (TPSA) is 70.3 Å². The second-order valence-electron chi connectivity index (χ2n) is 6.12. The number of hydrogen-bond donors (Lipinski definition) is 1. The molecule has 3 rings (SSSR count). The minimum absolute atomic E-state index is 0.0154. The fraction of sp³-hybridized carbons (Fsp3) is 0.556. The molecule has 0 aliphatic carbocycles. The summed E-state index contributed by atoms with van der Waals surface area (Å²) in [5.41, 5.74) is 2.13. The molecular formula is C18H26N4O3. The van der Waals surface area contributed by atoms with Gasteiger partial charge in [0.15, 0.2) is 11.4 Å². The molecule has 0 saturated carbocycles. The van der Waals surface area contributed by atoms with E-state index in [2.05, 4.69) is 9.88 Å². The van der Waals surface area contributed by atoms with Crippen LogP contribution in [0.5, 0.6) is 5.75 Å². The van der Waals surface area contributed by atoms with Gasteiger partial charge in [-0.15, -0.1) is 0 Å². The van der Waals surface area contributed by atoms with Crippen LogP contribution in [0.3, 0.4) is 0 Å². The van der Waals surface area contributed by atoms with Crippen molar-refractivity contribution in [1.82, 2.24) is 19.2 Å². The lowest BCUT2D eigenvalue weighted by atomic mass is 10.2. The number of pyridine rings is 1. The second kappa shape index (κ2) is 7.84. The molecule has 2 aromatic heterocycles. The van der Waals surface area contributed by atoms with Gasteiger partial charge in [-0.3, -0.25) is 14.1 Å². The Morgan fingerprint density at radius 1 is 1.28 bits per heavy atom. The van der Waals surface area contributed by atoms with Crippen molar-refractivity contribution < 1.29 is 14.6 Å². The fourth-order valence-electron chi connectivity index (χ4n) is 3.30. The third-order valence-corrected chi connectivity index (χ3v) is 4.60. The van der Waals surface area contributed by atoms with Crippen LogP contribution in [0.2, 0.25) is 0 Å². The maximum absolute atomic E-state index is 13.1. The summed E-state index contributed by atoms with van der Waals surface area (Å²) < 4.78 is 7.51. The summed E-state index contributed by atoms with van der Waals surface area (Å²) in [6, 6.07) is 3.77. The molecule has 0 bridgehead atoms. The molecule has 25 heavy (non-hydrogen) atoms. The number of aliphatic hydroxyl groups excluding tert-OH is 1. The third-order valence-electron chi connectivity index (χ3n) is 4.60.